The monoisotopic (exact) mass is 323 g/mol. The smallest absolute Gasteiger partial charge is 0.257 e. The van der Waals surface area contributed by atoms with Gasteiger partial charge in [0.2, 0.25) is 0 Å². The summed E-state index contributed by atoms with van der Waals surface area (Å²) in [5.74, 6) is -2.29. The third kappa shape index (κ3) is 2.60. The number of rotatable bonds is 3. The SMILES string of the molecule is O=C(NC1(CCl)CC1)c1c(F)cc(Br)cc1F. The van der Waals surface area contributed by atoms with Crippen LogP contribution >= 0.6 is 27.5 Å². The molecule has 2 rings (SSSR count). The van der Waals surface area contributed by atoms with E-state index in [9.17, 15) is 13.6 Å². The van der Waals surface area contributed by atoms with E-state index in [1.807, 2.05) is 0 Å². The van der Waals surface area contributed by atoms with Gasteiger partial charge in [-0.05, 0) is 25.0 Å². The summed E-state index contributed by atoms with van der Waals surface area (Å²) in [5, 5.41) is 2.57. The first-order valence-electron chi connectivity index (χ1n) is 5.00. The van der Waals surface area contributed by atoms with Gasteiger partial charge in [-0.25, -0.2) is 8.78 Å². The van der Waals surface area contributed by atoms with Gasteiger partial charge in [-0.3, -0.25) is 4.79 Å². The second kappa shape index (κ2) is 4.53. The quantitative estimate of drug-likeness (QED) is 0.850. The van der Waals surface area contributed by atoms with Crippen molar-refractivity contribution in [1.29, 1.82) is 0 Å². The average molecular weight is 325 g/mol. The minimum absolute atomic E-state index is 0.249. The molecule has 1 aliphatic rings. The summed E-state index contributed by atoms with van der Waals surface area (Å²) in [6, 6.07) is 2.11. The molecule has 0 radical (unpaired) electrons. The third-order valence-electron chi connectivity index (χ3n) is 2.72. The molecule has 1 aromatic rings. The number of carbonyl (C=O) groups excluding carboxylic acids is 1. The molecular weight excluding hydrogens is 315 g/mol. The van der Waals surface area contributed by atoms with Gasteiger partial charge in [-0.2, -0.15) is 0 Å². The number of benzene rings is 1. The third-order valence-corrected chi connectivity index (χ3v) is 3.69. The van der Waals surface area contributed by atoms with Crippen molar-refractivity contribution in [2.45, 2.75) is 18.4 Å². The van der Waals surface area contributed by atoms with Crippen LogP contribution in [0.3, 0.4) is 0 Å². The van der Waals surface area contributed by atoms with E-state index >= 15 is 0 Å². The molecule has 2 nitrogen and oxygen atoms in total. The lowest BCUT2D eigenvalue weighted by molar-refractivity contribution is 0.0927. The lowest BCUT2D eigenvalue weighted by atomic mass is 10.1. The van der Waals surface area contributed by atoms with Crippen molar-refractivity contribution in [1.82, 2.24) is 5.32 Å². The van der Waals surface area contributed by atoms with Crippen molar-refractivity contribution in [3.8, 4) is 0 Å². The highest BCUT2D eigenvalue weighted by Gasteiger charge is 2.43. The Bertz CT molecular complexity index is 454. The standard InChI is InChI=1S/C11H9BrClF2NO/c12-6-3-7(14)9(8(15)4-6)10(17)16-11(5-13)1-2-11/h3-4H,1-2,5H2,(H,16,17). The highest BCUT2D eigenvalue weighted by atomic mass is 79.9. The molecule has 1 aromatic carbocycles. The van der Waals surface area contributed by atoms with Crippen LogP contribution in [0.25, 0.3) is 0 Å². The van der Waals surface area contributed by atoms with E-state index in [2.05, 4.69) is 21.2 Å². The lowest BCUT2D eigenvalue weighted by Gasteiger charge is -2.14. The van der Waals surface area contributed by atoms with Crippen LogP contribution in [0, 0.1) is 11.6 Å². The molecule has 1 amide bonds. The van der Waals surface area contributed by atoms with Gasteiger partial charge in [0.05, 0.1) is 5.54 Å². The Balaban J connectivity index is 2.25. The normalized spacial score (nSPS) is 16.7. The van der Waals surface area contributed by atoms with Gasteiger partial charge < -0.3 is 5.32 Å². The molecule has 6 heteroatoms. The van der Waals surface area contributed by atoms with Crippen LogP contribution in [0.1, 0.15) is 23.2 Å². The largest absolute Gasteiger partial charge is 0.345 e. The Morgan fingerprint density at radius 2 is 1.94 bits per heavy atom. The molecule has 0 heterocycles. The van der Waals surface area contributed by atoms with Crippen molar-refractivity contribution in [3.63, 3.8) is 0 Å². The number of halogens is 4. The zero-order valence-electron chi connectivity index (χ0n) is 8.70. The fourth-order valence-electron chi connectivity index (χ4n) is 1.51. The van der Waals surface area contributed by atoms with Gasteiger partial charge in [-0.1, -0.05) is 15.9 Å². The molecule has 1 aliphatic carbocycles. The summed E-state index contributed by atoms with van der Waals surface area (Å²) < 4.78 is 27.2. The fraction of sp³-hybridized carbons (Fsp3) is 0.364. The molecule has 0 saturated heterocycles. The average Bonchev–Trinajstić information content (AvgIpc) is 2.96. The Labute approximate surface area is 110 Å². The Hall–Kier alpha value is -0.680. The molecule has 0 unspecified atom stereocenters. The van der Waals surface area contributed by atoms with E-state index < -0.39 is 28.6 Å². The molecule has 1 N–H and O–H groups in total. The minimum atomic E-state index is -0.889. The highest BCUT2D eigenvalue weighted by Crippen LogP contribution is 2.36. The molecule has 0 bridgehead atoms. The summed E-state index contributed by atoms with van der Waals surface area (Å²) in [6.07, 6.45) is 1.48. The van der Waals surface area contributed by atoms with Crippen molar-refractivity contribution in [2.75, 3.05) is 5.88 Å². The second-order valence-corrected chi connectivity index (χ2v) is 5.30. The Kier molecular flexibility index (Phi) is 3.41. The van der Waals surface area contributed by atoms with Crippen LogP contribution in [0.5, 0.6) is 0 Å². The minimum Gasteiger partial charge on any atom is -0.345 e. The predicted octanol–water partition coefficient (Wildman–Crippen LogP) is 3.23. The number of hydrogen-bond acceptors (Lipinski definition) is 1. The van der Waals surface area contributed by atoms with Crippen LogP contribution in [0.15, 0.2) is 16.6 Å². The van der Waals surface area contributed by atoms with Gasteiger partial charge in [0.15, 0.2) is 0 Å². The van der Waals surface area contributed by atoms with E-state index in [0.717, 1.165) is 25.0 Å². The summed E-state index contributed by atoms with van der Waals surface area (Å²) in [4.78, 5) is 11.7. The molecule has 0 aromatic heterocycles. The maximum absolute atomic E-state index is 13.5. The van der Waals surface area contributed by atoms with Gasteiger partial charge in [0, 0.05) is 10.4 Å². The molecule has 17 heavy (non-hydrogen) atoms. The molecule has 1 saturated carbocycles. The maximum atomic E-state index is 13.5. The van der Waals surface area contributed by atoms with Gasteiger partial charge in [0.1, 0.15) is 17.2 Å². The van der Waals surface area contributed by atoms with Crippen molar-refractivity contribution >= 4 is 33.4 Å². The highest BCUT2D eigenvalue weighted by molar-refractivity contribution is 9.10. The van der Waals surface area contributed by atoms with E-state index in [-0.39, 0.29) is 10.4 Å². The Morgan fingerprint density at radius 1 is 1.41 bits per heavy atom. The van der Waals surface area contributed by atoms with E-state index in [4.69, 9.17) is 11.6 Å². The summed E-state index contributed by atoms with van der Waals surface area (Å²) >= 11 is 8.63. The molecule has 92 valence electrons. The van der Waals surface area contributed by atoms with Crippen LogP contribution in [-0.2, 0) is 0 Å². The van der Waals surface area contributed by atoms with Crippen molar-refractivity contribution in [2.24, 2.45) is 0 Å². The van der Waals surface area contributed by atoms with Crippen molar-refractivity contribution < 1.29 is 13.6 Å². The number of nitrogens with one attached hydrogen (secondary N) is 1. The number of carbonyl (C=O) groups is 1. The topological polar surface area (TPSA) is 29.1 Å². The first-order valence-corrected chi connectivity index (χ1v) is 6.33. The fourth-order valence-corrected chi connectivity index (χ4v) is 2.24. The van der Waals surface area contributed by atoms with Crippen LogP contribution in [0.2, 0.25) is 0 Å². The summed E-state index contributed by atoms with van der Waals surface area (Å²) in [7, 11) is 0. The molecule has 0 aliphatic heterocycles. The summed E-state index contributed by atoms with van der Waals surface area (Å²) in [5.41, 5.74) is -1.05. The van der Waals surface area contributed by atoms with E-state index in [1.54, 1.807) is 0 Å². The summed E-state index contributed by atoms with van der Waals surface area (Å²) in [6.45, 7) is 0. The lowest BCUT2D eigenvalue weighted by Crippen LogP contribution is -2.39. The van der Waals surface area contributed by atoms with Gasteiger partial charge >= 0.3 is 0 Å². The Morgan fingerprint density at radius 3 is 2.35 bits per heavy atom. The zero-order valence-corrected chi connectivity index (χ0v) is 11.0. The molecule has 0 spiro atoms. The van der Waals surface area contributed by atoms with Gasteiger partial charge in [-0.15, -0.1) is 11.6 Å². The second-order valence-electron chi connectivity index (χ2n) is 4.11. The zero-order chi connectivity index (χ0) is 12.6. The molecule has 1 fully saturated rings. The first kappa shape index (κ1) is 12.8. The van der Waals surface area contributed by atoms with Crippen LogP contribution in [-0.4, -0.2) is 17.3 Å². The number of hydrogen-bond donors (Lipinski definition) is 1. The van der Waals surface area contributed by atoms with E-state index in [0.29, 0.717) is 0 Å². The predicted molar refractivity (Wildman–Crippen MR) is 64.2 cm³/mol. The molecular formula is C11H9BrClF2NO. The van der Waals surface area contributed by atoms with Gasteiger partial charge in [0.25, 0.3) is 5.91 Å². The van der Waals surface area contributed by atoms with E-state index in [1.165, 1.54) is 0 Å². The molecule has 0 atom stereocenters. The first-order chi connectivity index (χ1) is 7.97. The van der Waals surface area contributed by atoms with Crippen LogP contribution < -0.4 is 5.32 Å². The van der Waals surface area contributed by atoms with Crippen LogP contribution in [0.4, 0.5) is 8.78 Å². The number of alkyl halides is 1. The number of amides is 1. The van der Waals surface area contributed by atoms with Crippen molar-refractivity contribution in [3.05, 3.63) is 33.8 Å². The maximum Gasteiger partial charge on any atom is 0.257 e.